The third-order valence-electron chi connectivity index (χ3n) is 2.33. The Morgan fingerprint density at radius 2 is 2.21 bits per heavy atom. The summed E-state index contributed by atoms with van der Waals surface area (Å²) >= 11 is 1.85. The number of thiophene rings is 1. The average molecular weight is 213 g/mol. The molecule has 0 aliphatic heterocycles. The number of hydrogen-bond donors (Lipinski definition) is 2. The lowest BCUT2D eigenvalue weighted by Crippen LogP contribution is -2.20. The molecule has 2 nitrogen and oxygen atoms in total. The van der Waals surface area contributed by atoms with Gasteiger partial charge in [0.15, 0.2) is 0 Å². The number of hydrogen-bond acceptors (Lipinski definition) is 3. The van der Waals surface area contributed by atoms with Crippen molar-refractivity contribution in [2.75, 3.05) is 13.2 Å². The molecule has 1 aromatic heterocycles. The van der Waals surface area contributed by atoms with E-state index < -0.39 is 0 Å². The maximum atomic E-state index is 8.67. The zero-order chi connectivity index (χ0) is 10.6. The third-order valence-corrected chi connectivity index (χ3v) is 3.31. The predicted octanol–water partition coefficient (Wildman–Crippen LogP) is 2.40. The molecule has 1 rings (SSSR count). The highest BCUT2D eigenvalue weighted by Gasteiger charge is 2.09. The van der Waals surface area contributed by atoms with Gasteiger partial charge in [-0.25, -0.2) is 0 Å². The van der Waals surface area contributed by atoms with Crippen molar-refractivity contribution in [3.8, 4) is 0 Å². The fourth-order valence-electron chi connectivity index (χ4n) is 1.59. The molecule has 3 heteroatoms. The van der Waals surface area contributed by atoms with Gasteiger partial charge in [0, 0.05) is 22.4 Å². The Bertz CT molecular complexity index is 283. The van der Waals surface area contributed by atoms with Crippen LogP contribution in [0.3, 0.4) is 0 Å². The van der Waals surface area contributed by atoms with Crippen LogP contribution >= 0.6 is 11.3 Å². The highest BCUT2D eigenvalue weighted by atomic mass is 32.1. The lowest BCUT2D eigenvalue weighted by atomic mass is 10.1. The minimum absolute atomic E-state index is 0.265. The summed E-state index contributed by atoms with van der Waals surface area (Å²) < 4.78 is 0. The molecule has 0 radical (unpaired) electrons. The summed E-state index contributed by atoms with van der Waals surface area (Å²) in [4.78, 5) is 2.76. The maximum Gasteiger partial charge on any atom is 0.0443 e. The van der Waals surface area contributed by atoms with Crippen molar-refractivity contribution in [2.24, 2.45) is 0 Å². The van der Waals surface area contributed by atoms with Crippen LogP contribution in [0.4, 0.5) is 0 Å². The van der Waals surface area contributed by atoms with Crippen molar-refractivity contribution in [2.45, 2.75) is 33.2 Å². The molecule has 14 heavy (non-hydrogen) atoms. The largest absolute Gasteiger partial charge is 0.396 e. The highest BCUT2D eigenvalue weighted by molar-refractivity contribution is 7.12. The van der Waals surface area contributed by atoms with Gasteiger partial charge in [-0.05, 0) is 45.4 Å². The molecule has 2 N–H and O–H groups in total. The van der Waals surface area contributed by atoms with Crippen molar-refractivity contribution in [1.29, 1.82) is 0 Å². The van der Waals surface area contributed by atoms with Crippen LogP contribution in [0, 0.1) is 13.8 Å². The van der Waals surface area contributed by atoms with Crippen LogP contribution in [0.2, 0.25) is 0 Å². The van der Waals surface area contributed by atoms with Crippen molar-refractivity contribution >= 4 is 11.3 Å². The van der Waals surface area contributed by atoms with E-state index in [0.717, 1.165) is 13.0 Å². The van der Waals surface area contributed by atoms with Gasteiger partial charge in [-0.1, -0.05) is 0 Å². The molecular weight excluding hydrogens is 194 g/mol. The Kier molecular flexibility index (Phi) is 4.58. The summed E-state index contributed by atoms with van der Waals surface area (Å²) in [6.07, 6.45) is 0.826. The summed E-state index contributed by atoms with van der Waals surface area (Å²) in [7, 11) is 0. The van der Waals surface area contributed by atoms with E-state index in [9.17, 15) is 0 Å². The van der Waals surface area contributed by atoms with Gasteiger partial charge in [-0.2, -0.15) is 0 Å². The zero-order valence-electron chi connectivity index (χ0n) is 9.13. The van der Waals surface area contributed by atoms with Crippen LogP contribution in [0.5, 0.6) is 0 Å². The molecule has 0 aliphatic rings. The topological polar surface area (TPSA) is 32.3 Å². The molecule has 1 atom stereocenters. The average Bonchev–Trinajstić information content (AvgIpc) is 2.45. The Morgan fingerprint density at radius 1 is 1.50 bits per heavy atom. The zero-order valence-corrected chi connectivity index (χ0v) is 9.95. The van der Waals surface area contributed by atoms with Gasteiger partial charge in [0.2, 0.25) is 0 Å². The molecule has 0 fully saturated rings. The second-order valence-electron chi connectivity index (χ2n) is 3.62. The molecule has 0 saturated heterocycles. The molecule has 0 spiro atoms. The first-order valence-corrected chi connectivity index (χ1v) is 5.88. The second-order valence-corrected chi connectivity index (χ2v) is 5.08. The van der Waals surface area contributed by atoms with Gasteiger partial charge in [0.05, 0.1) is 0 Å². The molecule has 0 aliphatic carbocycles. The summed E-state index contributed by atoms with van der Waals surface area (Å²) in [6, 6.07) is 2.64. The van der Waals surface area contributed by atoms with Crippen LogP contribution in [-0.2, 0) is 0 Å². The van der Waals surface area contributed by atoms with E-state index in [4.69, 9.17) is 5.11 Å². The molecule has 1 unspecified atom stereocenters. The van der Waals surface area contributed by atoms with Gasteiger partial charge in [-0.3, -0.25) is 0 Å². The van der Waals surface area contributed by atoms with E-state index in [1.807, 2.05) is 11.3 Å². The van der Waals surface area contributed by atoms with E-state index in [2.05, 4.69) is 32.2 Å². The van der Waals surface area contributed by atoms with Crippen molar-refractivity contribution in [3.05, 3.63) is 21.4 Å². The molecule has 0 bridgehead atoms. The summed E-state index contributed by atoms with van der Waals surface area (Å²) in [5, 5.41) is 12.1. The highest BCUT2D eigenvalue weighted by Crippen LogP contribution is 2.25. The van der Waals surface area contributed by atoms with Crippen LogP contribution in [0.15, 0.2) is 6.07 Å². The summed E-state index contributed by atoms with van der Waals surface area (Å²) in [5.41, 5.74) is 1.39. The Morgan fingerprint density at radius 3 is 2.71 bits per heavy atom. The van der Waals surface area contributed by atoms with Gasteiger partial charge in [0.25, 0.3) is 0 Å². The van der Waals surface area contributed by atoms with Gasteiger partial charge in [-0.15, -0.1) is 11.3 Å². The molecular formula is C11H19NOS. The molecule has 0 aromatic carbocycles. The Balaban J connectivity index is 2.51. The quantitative estimate of drug-likeness (QED) is 0.736. The maximum absolute atomic E-state index is 8.67. The van der Waals surface area contributed by atoms with E-state index in [1.54, 1.807) is 0 Å². The van der Waals surface area contributed by atoms with Gasteiger partial charge < -0.3 is 10.4 Å². The monoisotopic (exact) mass is 213 g/mol. The summed E-state index contributed by atoms with van der Waals surface area (Å²) in [6.45, 7) is 7.62. The van der Waals surface area contributed by atoms with E-state index in [0.29, 0.717) is 6.04 Å². The number of rotatable bonds is 5. The van der Waals surface area contributed by atoms with Crippen LogP contribution in [0.25, 0.3) is 0 Å². The van der Waals surface area contributed by atoms with Crippen molar-refractivity contribution in [3.63, 3.8) is 0 Å². The molecule has 80 valence electrons. The van der Waals surface area contributed by atoms with Gasteiger partial charge >= 0.3 is 0 Å². The van der Waals surface area contributed by atoms with Crippen LogP contribution in [0.1, 0.15) is 34.7 Å². The van der Waals surface area contributed by atoms with Crippen LogP contribution < -0.4 is 5.32 Å². The fraction of sp³-hybridized carbons (Fsp3) is 0.636. The fourth-order valence-corrected chi connectivity index (χ4v) is 2.61. The van der Waals surface area contributed by atoms with Crippen molar-refractivity contribution in [1.82, 2.24) is 5.32 Å². The van der Waals surface area contributed by atoms with E-state index >= 15 is 0 Å². The lowest BCUT2D eigenvalue weighted by molar-refractivity contribution is 0.284. The number of aliphatic hydroxyl groups excluding tert-OH is 1. The van der Waals surface area contributed by atoms with E-state index in [1.165, 1.54) is 15.3 Å². The Hall–Kier alpha value is -0.380. The first-order chi connectivity index (χ1) is 6.65. The molecule has 1 heterocycles. The number of aryl methyl sites for hydroxylation is 2. The molecule has 0 saturated carbocycles. The van der Waals surface area contributed by atoms with Crippen molar-refractivity contribution < 1.29 is 5.11 Å². The number of aliphatic hydroxyl groups is 1. The smallest absolute Gasteiger partial charge is 0.0443 e. The number of nitrogens with one attached hydrogen (secondary N) is 1. The normalized spacial score (nSPS) is 13.1. The van der Waals surface area contributed by atoms with Gasteiger partial charge in [0.1, 0.15) is 0 Å². The SMILES string of the molecule is Cc1cc(C(C)NCCCO)c(C)s1. The minimum Gasteiger partial charge on any atom is -0.396 e. The standard InChI is InChI=1S/C11H19NOS/c1-8-7-11(10(3)14-8)9(2)12-5-4-6-13/h7,9,12-13H,4-6H2,1-3H3. The van der Waals surface area contributed by atoms with Crippen LogP contribution in [-0.4, -0.2) is 18.3 Å². The van der Waals surface area contributed by atoms with E-state index in [-0.39, 0.29) is 6.61 Å². The molecule has 1 aromatic rings. The molecule has 0 amide bonds. The summed E-state index contributed by atoms with van der Waals surface area (Å²) in [5.74, 6) is 0. The Labute approximate surface area is 90.0 Å². The minimum atomic E-state index is 0.265. The second kappa shape index (κ2) is 5.49. The lowest BCUT2D eigenvalue weighted by Gasteiger charge is -2.13. The third kappa shape index (κ3) is 3.08. The first-order valence-electron chi connectivity index (χ1n) is 5.06. The first kappa shape index (κ1) is 11.7. The predicted molar refractivity (Wildman–Crippen MR) is 61.9 cm³/mol.